The molecule has 1 aliphatic carbocycles. The van der Waals surface area contributed by atoms with E-state index in [4.69, 9.17) is 0 Å². The van der Waals surface area contributed by atoms with Crippen LogP contribution in [0.1, 0.15) is 17.5 Å². The number of amides is 1. The standard InChI is InChI=1S/C15H20N2O2/c18-14(17-10-15(19)5-6-16-9-15)13-7-11-3-1-2-4-12(11)8-13/h1-4,13,16,19H,5-10H2,(H,17,18). The molecule has 1 aromatic carbocycles. The predicted octanol–water partition coefficient (Wildman–Crippen LogP) is 0.242. The number of aliphatic hydroxyl groups is 1. The summed E-state index contributed by atoms with van der Waals surface area (Å²) in [5.41, 5.74) is 1.80. The third kappa shape index (κ3) is 2.65. The summed E-state index contributed by atoms with van der Waals surface area (Å²) in [6, 6.07) is 8.23. The van der Waals surface area contributed by atoms with Crippen molar-refractivity contribution < 1.29 is 9.90 Å². The van der Waals surface area contributed by atoms with E-state index >= 15 is 0 Å². The van der Waals surface area contributed by atoms with E-state index in [2.05, 4.69) is 22.8 Å². The van der Waals surface area contributed by atoms with Crippen LogP contribution in [0.15, 0.2) is 24.3 Å². The minimum absolute atomic E-state index is 0.0235. The second kappa shape index (κ2) is 4.94. The quantitative estimate of drug-likeness (QED) is 0.730. The highest BCUT2D eigenvalue weighted by Crippen LogP contribution is 2.26. The Morgan fingerprint density at radius 1 is 1.37 bits per heavy atom. The Morgan fingerprint density at radius 2 is 2.05 bits per heavy atom. The van der Waals surface area contributed by atoms with Gasteiger partial charge in [-0.05, 0) is 36.9 Å². The van der Waals surface area contributed by atoms with E-state index in [-0.39, 0.29) is 11.8 Å². The molecule has 1 unspecified atom stereocenters. The summed E-state index contributed by atoms with van der Waals surface area (Å²) in [4.78, 5) is 12.2. The zero-order valence-corrected chi connectivity index (χ0v) is 11.0. The molecule has 3 N–H and O–H groups in total. The van der Waals surface area contributed by atoms with Crippen molar-refractivity contribution in [1.82, 2.24) is 10.6 Å². The fourth-order valence-electron chi connectivity index (χ4n) is 3.02. The van der Waals surface area contributed by atoms with E-state index in [1.165, 1.54) is 11.1 Å². The van der Waals surface area contributed by atoms with Gasteiger partial charge in [0.15, 0.2) is 0 Å². The predicted molar refractivity (Wildman–Crippen MR) is 72.8 cm³/mol. The summed E-state index contributed by atoms with van der Waals surface area (Å²) in [5, 5.41) is 16.2. The Hall–Kier alpha value is -1.39. The highest BCUT2D eigenvalue weighted by atomic mass is 16.3. The van der Waals surface area contributed by atoms with Gasteiger partial charge in [0.2, 0.25) is 5.91 Å². The first-order valence-electron chi connectivity index (χ1n) is 6.94. The van der Waals surface area contributed by atoms with E-state index in [1.807, 2.05) is 12.1 Å². The maximum Gasteiger partial charge on any atom is 0.223 e. The number of rotatable bonds is 3. The molecule has 2 aliphatic rings. The normalized spacial score (nSPS) is 26.4. The van der Waals surface area contributed by atoms with E-state index in [1.54, 1.807) is 0 Å². The smallest absolute Gasteiger partial charge is 0.223 e. The van der Waals surface area contributed by atoms with Crippen molar-refractivity contribution in [3.8, 4) is 0 Å². The summed E-state index contributed by atoms with van der Waals surface area (Å²) >= 11 is 0. The molecule has 4 heteroatoms. The van der Waals surface area contributed by atoms with Crippen molar-refractivity contribution in [1.29, 1.82) is 0 Å². The third-order valence-corrected chi connectivity index (χ3v) is 4.23. The van der Waals surface area contributed by atoms with Crippen LogP contribution in [0.2, 0.25) is 0 Å². The van der Waals surface area contributed by atoms with Gasteiger partial charge in [-0.3, -0.25) is 4.79 Å². The molecule has 4 nitrogen and oxygen atoms in total. The van der Waals surface area contributed by atoms with Gasteiger partial charge in [-0.15, -0.1) is 0 Å². The summed E-state index contributed by atoms with van der Waals surface area (Å²) in [6.45, 7) is 1.74. The lowest BCUT2D eigenvalue weighted by Crippen LogP contribution is -2.46. The lowest BCUT2D eigenvalue weighted by atomic mass is 10.0. The third-order valence-electron chi connectivity index (χ3n) is 4.23. The number of benzene rings is 1. The molecule has 1 atom stereocenters. The molecule has 1 heterocycles. The van der Waals surface area contributed by atoms with Crippen LogP contribution in [0.5, 0.6) is 0 Å². The van der Waals surface area contributed by atoms with Crippen molar-refractivity contribution in [2.45, 2.75) is 24.9 Å². The highest BCUT2D eigenvalue weighted by molar-refractivity contribution is 5.80. The molecule has 1 aromatic rings. The molecule has 102 valence electrons. The molecule has 0 saturated carbocycles. The number of hydrogen-bond donors (Lipinski definition) is 3. The second-order valence-corrected chi connectivity index (χ2v) is 5.74. The van der Waals surface area contributed by atoms with Gasteiger partial charge in [0.25, 0.3) is 0 Å². The zero-order valence-electron chi connectivity index (χ0n) is 11.0. The number of β-amino-alcohol motifs (C(OH)–C–C–N with tert-alkyl or cyclic N) is 1. The molecular weight excluding hydrogens is 240 g/mol. The summed E-state index contributed by atoms with van der Waals surface area (Å²) in [7, 11) is 0. The molecular formula is C15H20N2O2. The number of carbonyl (C=O) groups excluding carboxylic acids is 1. The average molecular weight is 260 g/mol. The molecule has 0 radical (unpaired) electrons. The van der Waals surface area contributed by atoms with Crippen LogP contribution < -0.4 is 10.6 Å². The van der Waals surface area contributed by atoms with E-state index in [9.17, 15) is 9.90 Å². The summed E-state index contributed by atoms with van der Waals surface area (Å²) in [5.74, 6) is 0.0897. The van der Waals surface area contributed by atoms with Gasteiger partial charge in [0.1, 0.15) is 0 Å². The van der Waals surface area contributed by atoms with Crippen LogP contribution in [-0.4, -0.2) is 36.2 Å². The van der Waals surface area contributed by atoms with Crippen LogP contribution in [0, 0.1) is 5.92 Å². The van der Waals surface area contributed by atoms with Crippen molar-refractivity contribution in [2.75, 3.05) is 19.6 Å². The van der Waals surface area contributed by atoms with Crippen LogP contribution >= 0.6 is 0 Å². The van der Waals surface area contributed by atoms with E-state index in [0.29, 0.717) is 19.5 Å². The Kier molecular flexibility index (Phi) is 3.29. The topological polar surface area (TPSA) is 61.4 Å². The van der Waals surface area contributed by atoms with Crippen LogP contribution in [0.25, 0.3) is 0 Å². The van der Waals surface area contributed by atoms with Gasteiger partial charge in [0, 0.05) is 19.0 Å². The van der Waals surface area contributed by atoms with Gasteiger partial charge in [-0.1, -0.05) is 24.3 Å². The molecule has 0 bridgehead atoms. The first kappa shape index (κ1) is 12.6. The monoisotopic (exact) mass is 260 g/mol. The lowest BCUT2D eigenvalue weighted by Gasteiger charge is -2.22. The van der Waals surface area contributed by atoms with Gasteiger partial charge < -0.3 is 15.7 Å². The fraction of sp³-hybridized carbons (Fsp3) is 0.533. The van der Waals surface area contributed by atoms with Crippen molar-refractivity contribution in [3.05, 3.63) is 35.4 Å². The molecule has 19 heavy (non-hydrogen) atoms. The molecule has 1 aliphatic heterocycles. The van der Waals surface area contributed by atoms with Gasteiger partial charge >= 0.3 is 0 Å². The molecule has 0 spiro atoms. The van der Waals surface area contributed by atoms with Crippen molar-refractivity contribution in [2.24, 2.45) is 5.92 Å². The van der Waals surface area contributed by atoms with Crippen molar-refractivity contribution in [3.63, 3.8) is 0 Å². The molecule has 1 saturated heterocycles. The highest BCUT2D eigenvalue weighted by Gasteiger charge is 2.33. The van der Waals surface area contributed by atoms with Gasteiger partial charge in [-0.2, -0.15) is 0 Å². The molecule has 3 rings (SSSR count). The second-order valence-electron chi connectivity index (χ2n) is 5.74. The Labute approximate surface area is 113 Å². The lowest BCUT2D eigenvalue weighted by molar-refractivity contribution is -0.125. The minimum atomic E-state index is -0.763. The molecule has 1 amide bonds. The number of carbonyl (C=O) groups is 1. The number of hydrogen-bond acceptors (Lipinski definition) is 3. The Bertz CT molecular complexity index is 456. The van der Waals surface area contributed by atoms with E-state index in [0.717, 1.165) is 19.4 Å². The SMILES string of the molecule is O=C(NCC1(O)CCNC1)C1Cc2ccccc2C1. The largest absolute Gasteiger partial charge is 0.387 e. The van der Waals surface area contributed by atoms with Gasteiger partial charge in [0.05, 0.1) is 5.60 Å². The van der Waals surface area contributed by atoms with E-state index < -0.39 is 5.60 Å². The Balaban J connectivity index is 1.55. The number of nitrogens with one attached hydrogen (secondary N) is 2. The maximum absolute atomic E-state index is 12.2. The Morgan fingerprint density at radius 3 is 2.63 bits per heavy atom. The van der Waals surface area contributed by atoms with Crippen LogP contribution in [-0.2, 0) is 17.6 Å². The first-order chi connectivity index (χ1) is 9.16. The fourth-order valence-corrected chi connectivity index (χ4v) is 3.02. The molecule has 0 aromatic heterocycles. The van der Waals surface area contributed by atoms with Crippen LogP contribution in [0.4, 0.5) is 0 Å². The number of fused-ring (bicyclic) bond motifs is 1. The zero-order chi connectivity index (χ0) is 13.3. The maximum atomic E-state index is 12.2. The molecule has 1 fully saturated rings. The summed E-state index contributed by atoms with van der Waals surface area (Å²) < 4.78 is 0. The first-order valence-corrected chi connectivity index (χ1v) is 6.94. The summed E-state index contributed by atoms with van der Waals surface area (Å²) in [6.07, 6.45) is 2.34. The minimum Gasteiger partial charge on any atom is -0.387 e. The van der Waals surface area contributed by atoms with Gasteiger partial charge in [-0.25, -0.2) is 0 Å². The van der Waals surface area contributed by atoms with Crippen molar-refractivity contribution >= 4 is 5.91 Å². The van der Waals surface area contributed by atoms with Crippen LogP contribution in [0.3, 0.4) is 0 Å². The average Bonchev–Trinajstić information content (AvgIpc) is 3.02.